The normalized spacial score (nSPS) is 24.3. The van der Waals surface area contributed by atoms with Crippen LogP contribution in [0, 0.1) is 11.8 Å². The molecule has 0 saturated heterocycles. The smallest absolute Gasteiger partial charge is 0.309 e. The first-order valence-electron chi connectivity index (χ1n) is 8.51. The van der Waals surface area contributed by atoms with Gasteiger partial charge in [-0.2, -0.15) is 0 Å². The van der Waals surface area contributed by atoms with Crippen LogP contribution in [0.3, 0.4) is 0 Å². The summed E-state index contributed by atoms with van der Waals surface area (Å²) in [4.78, 5) is 24.9. The first kappa shape index (κ1) is 20.4. The van der Waals surface area contributed by atoms with Gasteiger partial charge in [-0.1, -0.05) is 30.3 Å². The van der Waals surface area contributed by atoms with E-state index in [1.165, 1.54) is 18.5 Å². The van der Waals surface area contributed by atoms with Crippen LogP contribution in [-0.4, -0.2) is 51.1 Å². The lowest BCUT2D eigenvalue weighted by atomic mass is 9.94. The van der Waals surface area contributed by atoms with E-state index in [0.717, 1.165) is 11.8 Å². The van der Waals surface area contributed by atoms with Gasteiger partial charge in [0.1, 0.15) is 0 Å². The predicted octanol–water partition coefficient (Wildman–Crippen LogP) is 1.32. The van der Waals surface area contributed by atoms with E-state index in [9.17, 15) is 18.0 Å². The van der Waals surface area contributed by atoms with E-state index in [2.05, 4.69) is 5.32 Å². The Morgan fingerprint density at radius 1 is 1.19 bits per heavy atom. The Labute approximate surface area is 154 Å². The predicted molar refractivity (Wildman–Crippen MR) is 97.6 cm³/mol. The first-order chi connectivity index (χ1) is 12.1. The fourth-order valence-electron chi connectivity index (χ4n) is 3.43. The summed E-state index contributed by atoms with van der Waals surface area (Å²) < 4.78 is 29.7. The van der Waals surface area contributed by atoms with Crippen molar-refractivity contribution < 1.29 is 22.7 Å². The van der Waals surface area contributed by atoms with E-state index < -0.39 is 33.9 Å². The molecule has 1 aromatic rings. The summed E-state index contributed by atoms with van der Waals surface area (Å²) in [5.74, 6) is -2.02. The molecule has 1 fully saturated rings. The third kappa shape index (κ3) is 4.62. The molecule has 7 nitrogen and oxygen atoms in total. The number of methoxy groups -OCH3 is 1. The number of esters is 1. The average molecular weight is 382 g/mol. The van der Waals surface area contributed by atoms with Gasteiger partial charge in [0.2, 0.25) is 15.9 Å². The Kier molecular flexibility index (Phi) is 6.41. The van der Waals surface area contributed by atoms with Crippen LogP contribution >= 0.6 is 0 Å². The third-order valence-electron chi connectivity index (χ3n) is 5.07. The first-order valence-corrected chi connectivity index (χ1v) is 10.4. The van der Waals surface area contributed by atoms with E-state index in [1.807, 2.05) is 37.3 Å². The van der Waals surface area contributed by atoms with Gasteiger partial charge in [0, 0.05) is 13.1 Å². The van der Waals surface area contributed by atoms with Crippen LogP contribution in [0.25, 0.3) is 0 Å². The number of nitrogens with one attached hydrogen (secondary N) is 1. The number of hydrogen-bond acceptors (Lipinski definition) is 5. The van der Waals surface area contributed by atoms with Crippen molar-refractivity contribution in [2.75, 3.05) is 20.4 Å². The number of ether oxygens (including phenoxy) is 1. The summed E-state index contributed by atoms with van der Waals surface area (Å²) in [7, 11) is -0.659. The van der Waals surface area contributed by atoms with Gasteiger partial charge in [-0.15, -0.1) is 0 Å². The largest absolute Gasteiger partial charge is 0.469 e. The molecular weight excluding hydrogens is 356 g/mol. The monoisotopic (exact) mass is 382 g/mol. The fourth-order valence-corrected chi connectivity index (χ4v) is 4.14. The summed E-state index contributed by atoms with van der Waals surface area (Å²) in [5.41, 5.74) is 0.957. The van der Waals surface area contributed by atoms with Crippen molar-refractivity contribution in [1.29, 1.82) is 0 Å². The lowest BCUT2D eigenvalue weighted by Gasteiger charge is -2.22. The third-order valence-corrected chi connectivity index (χ3v) is 6.42. The average Bonchev–Trinajstić information content (AvgIpc) is 3.05. The topological polar surface area (TPSA) is 92.8 Å². The minimum atomic E-state index is -3.41. The van der Waals surface area contributed by atoms with Crippen molar-refractivity contribution in [1.82, 2.24) is 9.62 Å². The number of rotatable bonds is 6. The molecule has 0 spiro atoms. The number of hydrogen-bond donors (Lipinski definition) is 1. The molecule has 1 amide bonds. The van der Waals surface area contributed by atoms with Gasteiger partial charge in [0.05, 0.1) is 31.2 Å². The number of amides is 1. The minimum absolute atomic E-state index is 0.214. The summed E-state index contributed by atoms with van der Waals surface area (Å²) in [5, 5.41) is 2.93. The molecule has 26 heavy (non-hydrogen) atoms. The Hall–Kier alpha value is -1.93. The Morgan fingerprint density at radius 3 is 2.31 bits per heavy atom. The number of sulfonamides is 1. The SMILES string of the molecule is COC(=O)[C@@H]1C[C@@H](N(C)S(C)(=O)=O)C[C@H]1C(=O)N[C@H](C)c1ccccc1. The van der Waals surface area contributed by atoms with E-state index in [-0.39, 0.29) is 24.8 Å². The van der Waals surface area contributed by atoms with E-state index in [0.29, 0.717) is 0 Å². The van der Waals surface area contributed by atoms with E-state index >= 15 is 0 Å². The Bertz CT molecular complexity index is 750. The van der Waals surface area contributed by atoms with E-state index in [1.54, 1.807) is 0 Å². The van der Waals surface area contributed by atoms with Crippen molar-refractivity contribution in [3.8, 4) is 0 Å². The molecule has 1 saturated carbocycles. The molecule has 0 radical (unpaired) electrons. The minimum Gasteiger partial charge on any atom is -0.469 e. The zero-order valence-electron chi connectivity index (χ0n) is 15.5. The summed E-state index contributed by atoms with van der Waals surface area (Å²) in [6.45, 7) is 1.87. The number of carbonyl (C=O) groups is 2. The number of benzene rings is 1. The molecule has 1 aliphatic carbocycles. The van der Waals surface area contributed by atoms with Crippen LogP contribution in [0.15, 0.2) is 30.3 Å². The Morgan fingerprint density at radius 2 is 1.77 bits per heavy atom. The van der Waals surface area contributed by atoms with Gasteiger partial charge in [0.15, 0.2) is 0 Å². The molecule has 1 aliphatic rings. The molecule has 0 bridgehead atoms. The van der Waals surface area contributed by atoms with E-state index in [4.69, 9.17) is 4.74 Å². The standard InChI is InChI=1S/C18H26N2O5S/c1-12(13-8-6-5-7-9-13)19-17(21)15-10-14(20(2)26(4,23)24)11-16(15)18(22)25-3/h5-9,12,14-16H,10-11H2,1-4H3,(H,19,21)/t12-,14+,15-,16-/m1/s1. The number of nitrogens with zero attached hydrogens (tertiary/aromatic N) is 1. The molecule has 1 aromatic carbocycles. The van der Waals surface area contributed by atoms with Crippen molar-refractivity contribution in [2.24, 2.45) is 11.8 Å². The summed E-state index contributed by atoms with van der Waals surface area (Å²) in [6.07, 6.45) is 1.68. The highest BCUT2D eigenvalue weighted by Gasteiger charge is 2.46. The van der Waals surface area contributed by atoms with Gasteiger partial charge in [-0.3, -0.25) is 9.59 Å². The summed E-state index contributed by atoms with van der Waals surface area (Å²) in [6, 6.07) is 8.89. The van der Waals surface area contributed by atoms with Crippen LogP contribution in [-0.2, 0) is 24.3 Å². The van der Waals surface area contributed by atoms with Crippen molar-refractivity contribution in [2.45, 2.75) is 31.8 Å². The fraction of sp³-hybridized carbons (Fsp3) is 0.556. The molecular formula is C18H26N2O5S. The zero-order chi connectivity index (χ0) is 19.5. The van der Waals surface area contributed by atoms with Crippen molar-refractivity contribution in [3.05, 3.63) is 35.9 Å². The second kappa shape index (κ2) is 8.18. The maximum Gasteiger partial charge on any atom is 0.309 e. The quantitative estimate of drug-likeness (QED) is 0.749. The maximum atomic E-state index is 12.8. The second-order valence-corrected chi connectivity index (χ2v) is 8.82. The molecule has 8 heteroatoms. The zero-order valence-corrected chi connectivity index (χ0v) is 16.3. The van der Waals surface area contributed by atoms with Crippen molar-refractivity contribution >= 4 is 21.9 Å². The molecule has 0 heterocycles. The maximum absolute atomic E-state index is 12.8. The van der Waals surface area contributed by atoms with Crippen LogP contribution in [0.5, 0.6) is 0 Å². The van der Waals surface area contributed by atoms with Crippen LogP contribution in [0.2, 0.25) is 0 Å². The molecule has 4 atom stereocenters. The Balaban J connectivity index is 2.15. The van der Waals surface area contributed by atoms with Gasteiger partial charge in [0.25, 0.3) is 0 Å². The molecule has 0 aromatic heterocycles. The second-order valence-electron chi connectivity index (χ2n) is 6.78. The highest BCUT2D eigenvalue weighted by Crippen LogP contribution is 2.36. The summed E-state index contributed by atoms with van der Waals surface area (Å²) >= 11 is 0. The van der Waals surface area contributed by atoms with Crippen LogP contribution in [0.1, 0.15) is 31.4 Å². The lowest BCUT2D eigenvalue weighted by molar-refractivity contribution is -0.149. The van der Waals surface area contributed by atoms with Crippen LogP contribution in [0.4, 0.5) is 0 Å². The molecule has 0 unspecified atom stereocenters. The van der Waals surface area contributed by atoms with Gasteiger partial charge >= 0.3 is 5.97 Å². The van der Waals surface area contributed by atoms with Gasteiger partial charge < -0.3 is 10.1 Å². The van der Waals surface area contributed by atoms with Gasteiger partial charge in [-0.05, 0) is 25.3 Å². The lowest BCUT2D eigenvalue weighted by Crippen LogP contribution is -2.37. The molecule has 0 aliphatic heterocycles. The highest BCUT2D eigenvalue weighted by molar-refractivity contribution is 7.88. The van der Waals surface area contributed by atoms with Crippen LogP contribution < -0.4 is 5.32 Å². The van der Waals surface area contributed by atoms with Crippen molar-refractivity contribution in [3.63, 3.8) is 0 Å². The van der Waals surface area contributed by atoms with Gasteiger partial charge in [-0.25, -0.2) is 12.7 Å². The number of carbonyl (C=O) groups excluding carboxylic acids is 2. The molecule has 1 N–H and O–H groups in total. The molecule has 2 rings (SSSR count). The molecule has 144 valence electrons. The highest BCUT2D eigenvalue weighted by atomic mass is 32.2.